The highest BCUT2D eigenvalue weighted by Crippen LogP contribution is 2.25. The van der Waals surface area contributed by atoms with Gasteiger partial charge in [0.25, 0.3) is 5.56 Å². The summed E-state index contributed by atoms with van der Waals surface area (Å²) in [6.07, 6.45) is 6.69. The van der Waals surface area contributed by atoms with Crippen LogP contribution in [0, 0.1) is 0 Å². The van der Waals surface area contributed by atoms with Crippen LogP contribution in [0.5, 0.6) is 0 Å². The number of H-pyrrole nitrogens is 1. The summed E-state index contributed by atoms with van der Waals surface area (Å²) in [5.74, 6) is 0.792. The van der Waals surface area contributed by atoms with E-state index in [1.54, 1.807) is 0 Å². The molecule has 1 fully saturated rings. The minimum atomic E-state index is -0.221. The van der Waals surface area contributed by atoms with Gasteiger partial charge in [0.15, 0.2) is 6.04 Å². The lowest BCUT2D eigenvalue weighted by Gasteiger charge is -2.30. The van der Waals surface area contributed by atoms with Crippen molar-refractivity contribution >= 4 is 10.9 Å². The molecule has 166 valence electrons. The Morgan fingerprint density at radius 2 is 1.87 bits per heavy atom. The molecular weight excluding hydrogens is 388 g/mol. The Bertz CT molecular complexity index is 1090. The largest absolute Gasteiger partial charge is 0.322 e. The number of benzene rings is 1. The number of likely N-dealkylation sites (tertiary alicyclic amines) is 1. The third kappa shape index (κ3) is 4.28. The van der Waals surface area contributed by atoms with Crippen LogP contribution in [0.25, 0.3) is 10.9 Å². The molecule has 0 amide bonds. The Hall–Kier alpha value is -2.54. The Labute approximate surface area is 183 Å². The van der Waals surface area contributed by atoms with Crippen LogP contribution in [0.1, 0.15) is 82.8 Å². The molecule has 0 unspecified atom stereocenters. The zero-order chi connectivity index (χ0) is 22.0. The molecular formula is C24H35N6O+. The second kappa shape index (κ2) is 8.91. The van der Waals surface area contributed by atoms with E-state index in [9.17, 15) is 4.79 Å². The number of fused-ring (bicyclic) bond motifs is 1. The summed E-state index contributed by atoms with van der Waals surface area (Å²) in [7, 11) is 0. The van der Waals surface area contributed by atoms with Gasteiger partial charge in [-0.25, -0.2) is 4.68 Å². The van der Waals surface area contributed by atoms with Gasteiger partial charge in [0, 0.05) is 5.52 Å². The molecule has 1 aliphatic heterocycles. The molecule has 2 N–H and O–H groups in total. The standard InChI is InChI=1S/C24H34N6O/c1-5-17-11-12-20-18(15-17)16-19(23(31)25-20)21(29-13-9-7-8-10-14-29)22-26-27-28-30(22)24(3,4)6-2/h11-12,15-16,21H,5-10,13-14H2,1-4H3,(H,25,31)/p+1/t21-/m0/s1. The Morgan fingerprint density at radius 1 is 1.13 bits per heavy atom. The Kier molecular flexibility index (Phi) is 6.23. The van der Waals surface area contributed by atoms with Crippen molar-refractivity contribution in [3.05, 3.63) is 51.6 Å². The van der Waals surface area contributed by atoms with Crippen LogP contribution >= 0.6 is 0 Å². The van der Waals surface area contributed by atoms with Crippen molar-refractivity contribution in [1.82, 2.24) is 25.2 Å². The second-order valence-electron chi connectivity index (χ2n) is 9.45. The zero-order valence-electron chi connectivity index (χ0n) is 19.2. The molecule has 0 aliphatic carbocycles. The predicted octanol–water partition coefficient (Wildman–Crippen LogP) is 2.77. The average Bonchev–Trinajstić information content (AvgIpc) is 3.11. The minimum absolute atomic E-state index is 0.0395. The van der Waals surface area contributed by atoms with Crippen LogP contribution in [-0.2, 0) is 12.0 Å². The number of hydrogen-bond donors (Lipinski definition) is 2. The monoisotopic (exact) mass is 423 g/mol. The van der Waals surface area contributed by atoms with E-state index >= 15 is 0 Å². The summed E-state index contributed by atoms with van der Waals surface area (Å²) < 4.78 is 1.95. The fourth-order valence-electron chi connectivity index (χ4n) is 4.68. The molecule has 3 heterocycles. The van der Waals surface area contributed by atoms with Crippen LogP contribution in [0.3, 0.4) is 0 Å². The number of pyridine rings is 1. The van der Waals surface area contributed by atoms with Gasteiger partial charge in [0.05, 0.1) is 24.2 Å². The molecule has 7 nitrogen and oxygen atoms in total. The molecule has 0 spiro atoms. The maximum absolute atomic E-state index is 13.3. The number of aromatic nitrogens is 5. The topological polar surface area (TPSA) is 80.9 Å². The van der Waals surface area contributed by atoms with E-state index in [1.807, 2.05) is 10.7 Å². The molecule has 31 heavy (non-hydrogen) atoms. The average molecular weight is 424 g/mol. The van der Waals surface area contributed by atoms with Crippen LogP contribution in [0.15, 0.2) is 29.1 Å². The van der Waals surface area contributed by atoms with Crippen molar-refractivity contribution in [1.29, 1.82) is 0 Å². The lowest BCUT2D eigenvalue weighted by molar-refractivity contribution is -0.925. The number of nitrogens with zero attached hydrogens (tertiary/aromatic N) is 4. The Balaban J connectivity index is 1.91. The van der Waals surface area contributed by atoms with E-state index in [2.05, 4.69) is 66.4 Å². The first-order chi connectivity index (χ1) is 14.9. The number of tetrazole rings is 1. The van der Waals surface area contributed by atoms with Gasteiger partial charge in [-0.3, -0.25) is 4.79 Å². The van der Waals surface area contributed by atoms with Gasteiger partial charge in [-0.05, 0) is 91.9 Å². The summed E-state index contributed by atoms with van der Waals surface area (Å²) in [6, 6.07) is 8.17. The van der Waals surface area contributed by atoms with Crippen molar-refractivity contribution in [2.75, 3.05) is 13.1 Å². The van der Waals surface area contributed by atoms with Gasteiger partial charge in [-0.15, -0.1) is 5.10 Å². The first kappa shape index (κ1) is 21.7. The third-order valence-corrected chi connectivity index (χ3v) is 7.00. The molecule has 1 aliphatic rings. The molecule has 7 heteroatoms. The molecule has 1 saturated heterocycles. The lowest BCUT2D eigenvalue weighted by Crippen LogP contribution is -3.12. The van der Waals surface area contributed by atoms with Crippen LogP contribution in [-0.4, -0.2) is 38.3 Å². The van der Waals surface area contributed by atoms with Crippen LogP contribution < -0.4 is 10.5 Å². The molecule has 1 aromatic carbocycles. The number of hydrogen-bond acceptors (Lipinski definition) is 4. The second-order valence-corrected chi connectivity index (χ2v) is 9.45. The summed E-state index contributed by atoms with van der Waals surface area (Å²) in [4.78, 5) is 17.9. The Morgan fingerprint density at radius 3 is 2.55 bits per heavy atom. The summed E-state index contributed by atoms with van der Waals surface area (Å²) in [6.45, 7) is 10.7. The molecule has 4 rings (SSSR count). The maximum atomic E-state index is 13.3. The molecule has 0 saturated carbocycles. The maximum Gasteiger partial charge on any atom is 0.258 e. The van der Waals surface area contributed by atoms with Gasteiger partial charge in [-0.2, -0.15) is 0 Å². The van der Waals surface area contributed by atoms with E-state index in [4.69, 9.17) is 0 Å². The zero-order valence-corrected chi connectivity index (χ0v) is 19.2. The van der Waals surface area contributed by atoms with Crippen molar-refractivity contribution < 1.29 is 4.90 Å². The van der Waals surface area contributed by atoms with Crippen molar-refractivity contribution in [2.45, 2.75) is 77.8 Å². The van der Waals surface area contributed by atoms with Crippen LogP contribution in [0.2, 0.25) is 0 Å². The number of aryl methyl sites for hydroxylation is 1. The van der Waals surface area contributed by atoms with Gasteiger partial charge < -0.3 is 9.88 Å². The first-order valence-electron chi connectivity index (χ1n) is 11.7. The number of quaternary nitrogens is 1. The fourth-order valence-corrected chi connectivity index (χ4v) is 4.68. The quantitative estimate of drug-likeness (QED) is 0.639. The van der Waals surface area contributed by atoms with Crippen LogP contribution in [0.4, 0.5) is 0 Å². The van der Waals surface area contributed by atoms with Gasteiger partial charge in [0.2, 0.25) is 5.82 Å². The van der Waals surface area contributed by atoms with Crippen molar-refractivity contribution in [3.63, 3.8) is 0 Å². The number of nitrogens with one attached hydrogen (secondary N) is 2. The van der Waals surface area contributed by atoms with E-state index in [0.29, 0.717) is 0 Å². The van der Waals surface area contributed by atoms with Crippen molar-refractivity contribution in [3.8, 4) is 0 Å². The first-order valence-corrected chi connectivity index (χ1v) is 11.7. The normalized spacial score (nSPS) is 17.0. The van der Waals surface area contributed by atoms with Crippen molar-refractivity contribution in [2.24, 2.45) is 0 Å². The van der Waals surface area contributed by atoms with Gasteiger partial charge in [-0.1, -0.05) is 19.9 Å². The molecule has 1 atom stereocenters. The molecule has 2 aromatic heterocycles. The lowest BCUT2D eigenvalue weighted by atomic mass is 9.98. The molecule has 0 bridgehead atoms. The van der Waals surface area contributed by atoms with E-state index < -0.39 is 0 Å². The molecule has 0 radical (unpaired) electrons. The number of aromatic amines is 1. The molecule has 3 aromatic rings. The number of rotatable bonds is 6. The summed E-state index contributed by atoms with van der Waals surface area (Å²) >= 11 is 0. The summed E-state index contributed by atoms with van der Waals surface area (Å²) in [5, 5.41) is 14.0. The van der Waals surface area contributed by atoms with E-state index in [1.165, 1.54) is 23.3 Å². The predicted molar refractivity (Wildman–Crippen MR) is 122 cm³/mol. The van der Waals surface area contributed by atoms with Gasteiger partial charge in [0.1, 0.15) is 0 Å². The summed E-state index contributed by atoms with van der Waals surface area (Å²) in [5.41, 5.74) is 2.65. The highest BCUT2D eigenvalue weighted by Gasteiger charge is 2.37. The highest BCUT2D eigenvalue weighted by atomic mass is 16.1. The third-order valence-electron chi connectivity index (χ3n) is 7.00. The smallest absolute Gasteiger partial charge is 0.258 e. The highest BCUT2D eigenvalue weighted by molar-refractivity contribution is 5.79. The van der Waals surface area contributed by atoms with Gasteiger partial charge >= 0.3 is 0 Å². The van der Waals surface area contributed by atoms with E-state index in [-0.39, 0.29) is 17.1 Å². The fraction of sp³-hybridized carbons (Fsp3) is 0.583. The minimum Gasteiger partial charge on any atom is -0.322 e. The van der Waals surface area contributed by atoms with E-state index in [0.717, 1.165) is 61.1 Å². The SMILES string of the molecule is CCc1ccc2[nH]c(=O)c([C@@H](c3nnnn3C(C)(C)CC)[NH+]3CCCCCC3)cc2c1.